The van der Waals surface area contributed by atoms with Gasteiger partial charge in [0.15, 0.2) is 6.10 Å². The summed E-state index contributed by atoms with van der Waals surface area (Å²) >= 11 is 0. The Bertz CT molecular complexity index is 1130. The molecule has 0 N–H and O–H groups in total. The van der Waals surface area contributed by atoms with Gasteiger partial charge in [0.2, 0.25) is 0 Å². The van der Waals surface area contributed by atoms with Gasteiger partial charge in [-0.05, 0) is 89.9 Å². The first kappa shape index (κ1) is 63.6. The molecule has 0 heterocycles. The van der Waals surface area contributed by atoms with Crippen molar-refractivity contribution in [2.75, 3.05) is 19.8 Å². The smallest absolute Gasteiger partial charge is 0.306 e. The highest BCUT2D eigenvalue weighted by atomic mass is 16.6. The third-order valence-electron chi connectivity index (χ3n) is 12.5. The van der Waals surface area contributed by atoms with Crippen LogP contribution in [0.5, 0.6) is 0 Å². The van der Waals surface area contributed by atoms with Crippen molar-refractivity contribution >= 4 is 11.9 Å². The van der Waals surface area contributed by atoms with Crippen molar-refractivity contribution in [3.8, 4) is 0 Å². The Kier molecular flexibility index (Phi) is 54.9. The Morgan fingerprint density at radius 3 is 1.05 bits per heavy atom. The normalized spacial score (nSPS) is 12.6. The minimum atomic E-state index is -0.548. The summed E-state index contributed by atoms with van der Waals surface area (Å²) in [5, 5.41) is 0. The van der Waals surface area contributed by atoms with E-state index in [1.165, 1.54) is 173 Å². The number of carbonyl (C=O) groups excluding carboxylic acids is 2. The van der Waals surface area contributed by atoms with Crippen LogP contribution in [0.1, 0.15) is 290 Å². The number of hydrogen-bond donors (Lipinski definition) is 0. The standard InChI is InChI=1S/C61H110O5/c1-4-7-10-13-16-19-22-25-28-30-31-32-34-36-39-42-45-48-51-54-60(62)65-58-59(57-64-56-53-50-47-44-41-38-35-29-26-23-20-17-14-11-8-5-2)66-61(63)55-52-49-46-43-40-37-33-27-24-21-18-15-12-9-6-3/h16,18-19,21,25,27-28,31-33,59H,4-15,17,20,22-24,26,29-30,34-58H2,1-3H3/b19-16-,21-18-,28-25-,32-31-,33-27-. The highest BCUT2D eigenvalue weighted by molar-refractivity contribution is 5.70. The van der Waals surface area contributed by atoms with Gasteiger partial charge in [0.05, 0.1) is 6.61 Å². The van der Waals surface area contributed by atoms with Gasteiger partial charge in [0, 0.05) is 19.4 Å². The van der Waals surface area contributed by atoms with Crippen LogP contribution in [0, 0.1) is 0 Å². The van der Waals surface area contributed by atoms with Gasteiger partial charge in [-0.15, -0.1) is 0 Å². The molecule has 5 nitrogen and oxygen atoms in total. The lowest BCUT2D eigenvalue weighted by molar-refractivity contribution is -0.163. The molecule has 0 spiro atoms. The largest absolute Gasteiger partial charge is 0.462 e. The lowest BCUT2D eigenvalue weighted by Crippen LogP contribution is -2.30. The van der Waals surface area contributed by atoms with E-state index in [1.54, 1.807) is 0 Å². The number of carbonyl (C=O) groups is 2. The average Bonchev–Trinajstić information content (AvgIpc) is 3.32. The monoisotopic (exact) mass is 923 g/mol. The summed E-state index contributed by atoms with van der Waals surface area (Å²) < 4.78 is 17.5. The zero-order valence-corrected chi connectivity index (χ0v) is 44.2. The fourth-order valence-electron chi connectivity index (χ4n) is 8.20. The van der Waals surface area contributed by atoms with Crippen LogP contribution in [0.4, 0.5) is 0 Å². The van der Waals surface area contributed by atoms with Gasteiger partial charge in [-0.1, -0.05) is 248 Å². The summed E-state index contributed by atoms with van der Waals surface area (Å²) in [6.45, 7) is 7.79. The van der Waals surface area contributed by atoms with Crippen LogP contribution in [0.2, 0.25) is 0 Å². The van der Waals surface area contributed by atoms with Crippen LogP contribution in [0.25, 0.3) is 0 Å². The molecular weight excluding hydrogens is 813 g/mol. The van der Waals surface area contributed by atoms with Crippen LogP contribution in [-0.4, -0.2) is 37.9 Å². The number of rotatable bonds is 53. The molecule has 0 saturated heterocycles. The average molecular weight is 924 g/mol. The number of allylic oxidation sites excluding steroid dienone is 10. The second-order valence-electron chi connectivity index (χ2n) is 19.2. The second-order valence-corrected chi connectivity index (χ2v) is 19.2. The van der Waals surface area contributed by atoms with E-state index in [4.69, 9.17) is 14.2 Å². The predicted octanol–water partition coefficient (Wildman–Crippen LogP) is 19.7. The van der Waals surface area contributed by atoms with Gasteiger partial charge in [-0.2, -0.15) is 0 Å². The van der Waals surface area contributed by atoms with Crippen LogP contribution < -0.4 is 0 Å². The van der Waals surface area contributed by atoms with Crippen LogP contribution in [-0.2, 0) is 23.8 Å². The molecule has 0 aromatic heterocycles. The molecule has 0 aromatic rings. The summed E-state index contributed by atoms with van der Waals surface area (Å²) in [5.41, 5.74) is 0. The molecule has 0 fully saturated rings. The maximum Gasteiger partial charge on any atom is 0.306 e. The lowest BCUT2D eigenvalue weighted by Gasteiger charge is -2.18. The minimum absolute atomic E-state index is 0.0746. The quantitative estimate of drug-likeness (QED) is 0.0346. The number of ether oxygens (including phenoxy) is 3. The molecule has 0 saturated carbocycles. The van der Waals surface area contributed by atoms with Crippen LogP contribution >= 0.6 is 0 Å². The van der Waals surface area contributed by atoms with Crippen molar-refractivity contribution in [3.63, 3.8) is 0 Å². The molecule has 0 bridgehead atoms. The summed E-state index contributed by atoms with van der Waals surface area (Å²) in [6.07, 6.45) is 72.3. The van der Waals surface area contributed by atoms with Crippen molar-refractivity contribution in [2.24, 2.45) is 0 Å². The van der Waals surface area contributed by atoms with E-state index >= 15 is 0 Å². The van der Waals surface area contributed by atoms with Crippen LogP contribution in [0.15, 0.2) is 60.8 Å². The Hall–Kier alpha value is -2.40. The van der Waals surface area contributed by atoms with Crippen molar-refractivity contribution in [1.82, 2.24) is 0 Å². The summed E-state index contributed by atoms with van der Waals surface area (Å²) in [4.78, 5) is 25.5. The molecule has 384 valence electrons. The molecule has 0 aliphatic carbocycles. The molecule has 0 aliphatic rings. The fraction of sp³-hybridized carbons (Fsp3) is 0.803. The molecule has 5 heteroatoms. The van der Waals surface area contributed by atoms with Crippen molar-refractivity contribution in [2.45, 2.75) is 297 Å². The van der Waals surface area contributed by atoms with Crippen LogP contribution in [0.3, 0.4) is 0 Å². The molecule has 0 aliphatic heterocycles. The Morgan fingerprint density at radius 1 is 0.333 bits per heavy atom. The molecule has 66 heavy (non-hydrogen) atoms. The van der Waals surface area contributed by atoms with E-state index in [-0.39, 0.29) is 25.2 Å². The zero-order chi connectivity index (χ0) is 47.7. The van der Waals surface area contributed by atoms with E-state index in [0.717, 1.165) is 83.5 Å². The lowest BCUT2D eigenvalue weighted by atomic mass is 10.0. The van der Waals surface area contributed by atoms with Crippen molar-refractivity contribution in [1.29, 1.82) is 0 Å². The third-order valence-corrected chi connectivity index (χ3v) is 12.5. The summed E-state index contributed by atoms with van der Waals surface area (Å²) in [5.74, 6) is -0.415. The van der Waals surface area contributed by atoms with Gasteiger partial charge in [-0.25, -0.2) is 0 Å². The second kappa shape index (κ2) is 56.9. The first-order valence-electron chi connectivity index (χ1n) is 28.8. The zero-order valence-electron chi connectivity index (χ0n) is 44.2. The molecule has 1 unspecified atom stereocenters. The number of esters is 2. The maximum atomic E-state index is 12.8. The molecular formula is C61H110O5. The molecule has 0 amide bonds. The highest BCUT2D eigenvalue weighted by Gasteiger charge is 2.17. The van der Waals surface area contributed by atoms with E-state index in [2.05, 4.69) is 81.5 Å². The van der Waals surface area contributed by atoms with Gasteiger partial charge < -0.3 is 14.2 Å². The van der Waals surface area contributed by atoms with E-state index < -0.39 is 6.10 Å². The molecule has 1 atom stereocenters. The van der Waals surface area contributed by atoms with Gasteiger partial charge in [0.1, 0.15) is 6.61 Å². The Morgan fingerprint density at radius 2 is 0.636 bits per heavy atom. The number of hydrogen-bond acceptors (Lipinski definition) is 5. The van der Waals surface area contributed by atoms with Gasteiger partial charge in [0.25, 0.3) is 0 Å². The first-order chi connectivity index (χ1) is 32.6. The number of unbranched alkanes of at least 4 members (excludes halogenated alkanes) is 32. The topological polar surface area (TPSA) is 61.8 Å². The minimum Gasteiger partial charge on any atom is -0.462 e. The predicted molar refractivity (Wildman–Crippen MR) is 288 cm³/mol. The van der Waals surface area contributed by atoms with Crippen molar-refractivity contribution < 1.29 is 23.8 Å². The van der Waals surface area contributed by atoms with Crippen molar-refractivity contribution in [3.05, 3.63) is 60.8 Å². The first-order valence-corrected chi connectivity index (χ1v) is 28.8. The highest BCUT2D eigenvalue weighted by Crippen LogP contribution is 2.15. The Balaban J connectivity index is 4.29. The van der Waals surface area contributed by atoms with E-state index in [9.17, 15) is 9.59 Å². The Labute approximate surface area is 411 Å². The van der Waals surface area contributed by atoms with Gasteiger partial charge in [-0.3, -0.25) is 9.59 Å². The SMILES string of the molecule is CCCCC/C=C\C/C=C\C/C=C\CCCCCCCCC(=O)OCC(COCCCCCCCCCCCCCCCCCC)OC(=O)CCCCCCC/C=C\C/C=C\CCCCC. The molecule has 0 aromatic carbocycles. The maximum absolute atomic E-state index is 12.8. The molecule has 0 rings (SSSR count). The van der Waals surface area contributed by atoms with Gasteiger partial charge >= 0.3 is 11.9 Å². The fourth-order valence-corrected chi connectivity index (χ4v) is 8.20. The van der Waals surface area contributed by atoms with E-state index in [0.29, 0.717) is 19.4 Å². The third kappa shape index (κ3) is 54.2. The molecule has 0 radical (unpaired) electrons. The van der Waals surface area contributed by atoms with E-state index in [1.807, 2.05) is 0 Å². The summed E-state index contributed by atoms with van der Waals surface area (Å²) in [7, 11) is 0. The summed E-state index contributed by atoms with van der Waals surface area (Å²) in [6, 6.07) is 0.